The zero-order chi connectivity index (χ0) is 22.0. The standard InChI is InChI=1S/C17H28N6O5S/c1-3-9(2)14(23-13(24)5-18)16(26)21-11(4-10-6-19-8-20-10)15(25)22-12(7-29)17(27)28/h6,8-9,11-12,14,29H,3-5,7,18H2,1-2H3,(H,19,20)(H,21,26)(H,22,25)(H,23,24)(H,27,28). The molecule has 0 aliphatic rings. The molecular formula is C17H28N6O5S. The van der Waals surface area contributed by atoms with Gasteiger partial charge in [-0.1, -0.05) is 20.3 Å². The second-order valence-corrected chi connectivity index (χ2v) is 6.92. The van der Waals surface area contributed by atoms with Gasteiger partial charge in [0.05, 0.1) is 12.9 Å². The molecule has 0 aliphatic heterocycles. The number of carbonyl (C=O) groups is 4. The second kappa shape index (κ2) is 12.1. The van der Waals surface area contributed by atoms with E-state index in [-0.39, 0.29) is 24.6 Å². The average molecular weight is 429 g/mol. The topological polar surface area (TPSA) is 179 Å². The van der Waals surface area contributed by atoms with Crippen LogP contribution in [0.3, 0.4) is 0 Å². The van der Waals surface area contributed by atoms with E-state index >= 15 is 0 Å². The molecule has 3 amide bonds. The van der Waals surface area contributed by atoms with E-state index in [2.05, 4.69) is 38.5 Å². The fraction of sp³-hybridized carbons (Fsp3) is 0.588. The number of aromatic amines is 1. The predicted molar refractivity (Wildman–Crippen MR) is 108 cm³/mol. The van der Waals surface area contributed by atoms with Gasteiger partial charge in [0, 0.05) is 24.1 Å². The monoisotopic (exact) mass is 428 g/mol. The van der Waals surface area contributed by atoms with Gasteiger partial charge in [0.1, 0.15) is 18.1 Å². The SMILES string of the molecule is CCC(C)C(NC(=O)CN)C(=O)NC(Cc1cnc[nH]1)C(=O)NC(CS)C(=O)O. The number of imidazole rings is 1. The molecule has 0 aromatic carbocycles. The Morgan fingerprint density at radius 2 is 1.86 bits per heavy atom. The van der Waals surface area contributed by atoms with Gasteiger partial charge in [0.25, 0.3) is 0 Å². The van der Waals surface area contributed by atoms with Crippen molar-refractivity contribution in [3.8, 4) is 0 Å². The van der Waals surface area contributed by atoms with Crippen molar-refractivity contribution < 1.29 is 24.3 Å². The van der Waals surface area contributed by atoms with Gasteiger partial charge in [-0.05, 0) is 5.92 Å². The molecule has 162 valence electrons. The predicted octanol–water partition coefficient (Wildman–Crippen LogP) is -1.57. The van der Waals surface area contributed by atoms with Crippen LogP contribution in [-0.2, 0) is 25.6 Å². The van der Waals surface area contributed by atoms with Gasteiger partial charge < -0.3 is 31.8 Å². The first-order chi connectivity index (χ1) is 13.7. The minimum absolute atomic E-state index is 0.0501. The molecule has 0 spiro atoms. The van der Waals surface area contributed by atoms with E-state index in [1.807, 2.05) is 6.92 Å². The smallest absolute Gasteiger partial charge is 0.327 e. The molecule has 0 saturated carbocycles. The first-order valence-corrected chi connectivity index (χ1v) is 9.77. The lowest BCUT2D eigenvalue weighted by molar-refractivity contribution is -0.141. The number of nitrogens with two attached hydrogens (primary N) is 1. The Kier molecular flexibility index (Phi) is 10.2. The van der Waals surface area contributed by atoms with Crippen molar-refractivity contribution in [2.45, 2.75) is 44.8 Å². The summed E-state index contributed by atoms with van der Waals surface area (Å²) in [7, 11) is 0. The third kappa shape index (κ3) is 7.74. The van der Waals surface area contributed by atoms with Crippen LogP contribution < -0.4 is 21.7 Å². The first-order valence-electron chi connectivity index (χ1n) is 9.14. The van der Waals surface area contributed by atoms with Crippen molar-refractivity contribution in [1.29, 1.82) is 0 Å². The van der Waals surface area contributed by atoms with Crippen molar-refractivity contribution in [3.05, 3.63) is 18.2 Å². The summed E-state index contributed by atoms with van der Waals surface area (Å²) < 4.78 is 0. The summed E-state index contributed by atoms with van der Waals surface area (Å²) in [6.07, 6.45) is 3.56. The van der Waals surface area contributed by atoms with E-state index in [4.69, 9.17) is 10.8 Å². The molecule has 0 bridgehead atoms. The number of amides is 3. The highest BCUT2D eigenvalue weighted by atomic mass is 32.1. The van der Waals surface area contributed by atoms with Gasteiger partial charge in [-0.2, -0.15) is 12.6 Å². The Morgan fingerprint density at radius 3 is 2.34 bits per heavy atom. The minimum atomic E-state index is -1.24. The Morgan fingerprint density at radius 1 is 1.21 bits per heavy atom. The summed E-state index contributed by atoms with van der Waals surface area (Å²) in [5.41, 5.74) is 5.88. The minimum Gasteiger partial charge on any atom is -0.480 e. The average Bonchev–Trinajstić information content (AvgIpc) is 3.21. The maximum atomic E-state index is 12.8. The number of nitrogens with one attached hydrogen (secondary N) is 4. The van der Waals surface area contributed by atoms with Crippen LogP contribution in [0.25, 0.3) is 0 Å². The lowest BCUT2D eigenvalue weighted by Gasteiger charge is -2.26. The number of hydrogen-bond acceptors (Lipinski definition) is 7. The van der Waals surface area contributed by atoms with Gasteiger partial charge in [0.15, 0.2) is 0 Å². The van der Waals surface area contributed by atoms with Crippen molar-refractivity contribution in [2.24, 2.45) is 11.7 Å². The molecule has 1 heterocycles. The van der Waals surface area contributed by atoms with E-state index in [9.17, 15) is 19.2 Å². The summed E-state index contributed by atoms with van der Waals surface area (Å²) in [5, 5.41) is 16.6. The van der Waals surface area contributed by atoms with Crippen molar-refractivity contribution >= 4 is 36.3 Å². The van der Waals surface area contributed by atoms with Crippen LogP contribution in [0.15, 0.2) is 12.5 Å². The molecule has 7 N–H and O–H groups in total. The number of nitrogens with zero attached hydrogens (tertiary/aromatic N) is 1. The number of aliphatic carboxylic acids is 1. The summed E-state index contributed by atoms with van der Waals surface area (Å²) in [6, 6.07) is -3.20. The highest BCUT2D eigenvalue weighted by Crippen LogP contribution is 2.09. The van der Waals surface area contributed by atoms with E-state index in [1.54, 1.807) is 6.92 Å². The maximum absolute atomic E-state index is 12.8. The first kappa shape index (κ1) is 24.4. The molecule has 0 radical (unpaired) electrons. The number of aromatic nitrogens is 2. The van der Waals surface area contributed by atoms with E-state index in [1.165, 1.54) is 12.5 Å². The van der Waals surface area contributed by atoms with Gasteiger partial charge in [-0.15, -0.1) is 0 Å². The van der Waals surface area contributed by atoms with Gasteiger partial charge in [-0.3, -0.25) is 14.4 Å². The van der Waals surface area contributed by atoms with Crippen LogP contribution >= 0.6 is 12.6 Å². The van der Waals surface area contributed by atoms with E-state index in [0.29, 0.717) is 12.1 Å². The van der Waals surface area contributed by atoms with Crippen LogP contribution in [0.2, 0.25) is 0 Å². The molecule has 29 heavy (non-hydrogen) atoms. The molecular weight excluding hydrogens is 400 g/mol. The Hall–Kier alpha value is -2.60. The number of thiol groups is 1. The van der Waals surface area contributed by atoms with E-state index in [0.717, 1.165) is 0 Å². The Labute approximate surface area is 174 Å². The normalized spacial score (nSPS) is 14.9. The van der Waals surface area contributed by atoms with Crippen molar-refractivity contribution in [3.63, 3.8) is 0 Å². The largest absolute Gasteiger partial charge is 0.480 e. The van der Waals surface area contributed by atoms with Crippen LogP contribution in [0.1, 0.15) is 26.0 Å². The van der Waals surface area contributed by atoms with Crippen LogP contribution in [0, 0.1) is 5.92 Å². The molecule has 1 aromatic heterocycles. The van der Waals surface area contributed by atoms with Crippen LogP contribution in [0.5, 0.6) is 0 Å². The summed E-state index contributed by atoms with van der Waals surface area (Å²) in [6.45, 7) is 3.37. The molecule has 12 heteroatoms. The summed E-state index contributed by atoms with van der Waals surface area (Å²) in [4.78, 5) is 55.1. The fourth-order valence-electron chi connectivity index (χ4n) is 2.48. The van der Waals surface area contributed by atoms with Gasteiger partial charge >= 0.3 is 5.97 Å². The Bertz CT molecular complexity index is 698. The molecule has 1 rings (SSSR count). The summed E-state index contributed by atoms with van der Waals surface area (Å²) >= 11 is 3.92. The number of carboxylic acids is 1. The molecule has 4 unspecified atom stereocenters. The molecule has 0 aliphatic carbocycles. The number of carbonyl (C=O) groups excluding carboxylic acids is 3. The summed E-state index contributed by atoms with van der Waals surface area (Å²) in [5.74, 6) is -3.34. The highest BCUT2D eigenvalue weighted by molar-refractivity contribution is 7.80. The molecule has 4 atom stereocenters. The third-order valence-electron chi connectivity index (χ3n) is 4.41. The lowest BCUT2D eigenvalue weighted by Crippen LogP contribution is -2.58. The third-order valence-corrected chi connectivity index (χ3v) is 4.77. The van der Waals surface area contributed by atoms with Crippen LogP contribution in [-0.4, -0.2) is 69.2 Å². The maximum Gasteiger partial charge on any atom is 0.327 e. The number of H-pyrrole nitrogens is 1. The van der Waals surface area contributed by atoms with Crippen LogP contribution in [0.4, 0.5) is 0 Å². The van der Waals surface area contributed by atoms with Crippen molar-refractivity contribution in [2.75, 3.05) is 12.3 Å². The molecule has 1 aromatic rings. The Balaban J connectivity index is 3.01. The zero-order valence-corrected chi connectivity index (χ0v) is 17.2. The van der Waals surface area contributed by atoms with Gasteiger partial charge in [-0.25, -0.2) is 9.78 Å². The molecule has 0 saturated heterocycles. The molecule has 11 nitrogen and oxygen atoms in total. The quantitative estimate of drug-likeness (QED) is 0.196. The number of hydrogen-bond donors (Lipinski definition) is 7. The van der Waals surface area contributed by atoms with Crippen molar-refractivity contribution in [1.82, 2.24) is 25.9 Å². The number of rotatable bonds is 12. The fourth-order valence-corrected chi connectivity index (χ4v) is 2.73. The van der Waals surface area contributed by atoms with Gasteiger partial charge in [0.2, 0.25) is 17.7 Å². The lowest BCUT2D eigenvalue weighted by atomic mass is 9.97. The zero-order valence-electron chi connectivity index (χ0n) is 16.3. The molecule has 0 fully saturated rings. The number of carboxylic acid groups (broad SMARTS) is 1. The highest BCUT2D eigenvalue weighted by Gasteiger charge is 2.31. The van der Waals surface area contributed by atoms with E-state index < -0.39 is 41.8 Å². The second-order valence-electron chi connectivity index (χ2n) is 6.56.